The highest BCUT2D eigenvalue weighted by Crippen LogP contribution is 2.34. The predicted molar refractivity (Wildman–Crippen MR) is 110 cm³/mol. The molecule has 2 heterocycles. The fourth-order valence-electron chi connectivity index (χ4n) is 3.53. The molecule has 1 aliphatic rings. The summed E-state index contributed by atoms with van der Waals surface area (Å²) < 4.78 is 16.5. The minimum Gasteiger partial charge on any atom is -0.447 e. The Labute approximate surface area is 176 Å². The lowest BCUT2D eigenvalue weighted by molar-refractivity contribution is 0.0130. The van der Waals surface area contributed by atoms with Crippen LogP contribution in [0, 0.1) is 5.92 Å². The zero-order chi connectivity index (χ0) is 21.7. The lowest BCUT2D eigenvalue weighted by Gasteiger charge is -2.32. The molecule has 0 aliphatic carbocycles. The van der Waals surface area contributed by atoms with Crippen molar-refractivity contribution in [2.24, 2.45) is 5.92 Å². The standard InChI is InChI=1S/C22H29N3O5/c1-22(2,3)30-20(26)24(4)18(19-23-11-13-28-19)17-10-12-25(14-17)21(27)29-15-16-8-6-5-7-9-16/h5-9,11,13,17-18H,10,12,14-15H2,1-4H3. The maximum Gasteiger partial charge on any atom is 0.410 e. The van der Waals surface area contributed by atoms with Crippen LogP contribution in [-0.4, -0.2) is 52.7 Å². The second kappa shape index (κ2) is 9.19. The van der Waals surface area contributed by atoms with Crippen LogP contribution < -0.4 is 0 Å². The van der Waals surface area contributed by atoms with Crippen LogP contribution in [0.25, 0.3) is 0 Å². The molecule has 1 aromatic carbocycles. The van der Waals surface area contributed by atoms with Crippen molar-refractivity contribution in [1.29, 1.82) is 0 Å². The molecule has 8 nitrogen and oxygen atoms in total. The highest BCUT2D eigenvalue weighted by molar-refractivity contribution is 5.69. The number of ether oxygens (including phenoxy) is 2. The van der Waals surface area contributed by atoms with Crippen molar-refractivity contribution >= 4 is 12.2 Å². The summed E-state index contributed by atoms with van der Waals surface area (Å²) in [7, 11) is 1.67. The summed E-state index contributed by atoms with van der Waals surface area (Å²) >= 11 is 0. The van der Waals surface area contributed by atoms with E-state index in [1.54, 1.807) is 18.1 Å². The maximum atomic E-state index is 12.7. The number of benzene rings is 1. The van der Waals surface area contributed by atoms with Gasteiger partial charge < -0.3 is 18.8 Å². The third kappa shape index (κ3) is 5.52. The summed E-state index contributed by atoms with van der Waals surface area (Å²) in [4.78, 5) is 32.6. The van der Waals surface area contributed by atoms with Gasteiger partial charge in [0.15, 0.2) is 0 Å². The van der Waals surface area contributed by atoms with E-state index in [1.165, 1.54) is 11.2 Å². The second-order valence-corrected chi connectivity index (χ2v) is 8.44. The number of rotatable bonds is 5. The molecular weight excluding hydrogens is 386 g/mol. The van der Waals surface area contributed by atoms with Crippen molar-refractivity contribution in [3.63, 3.8) is 0 Å². The third-order valence-corrected chi connectivity index (χ3v) is 4.94. The van der Waals surface area contributed by atoms with Crippen LogP contribution in [0.2, 0.25) is 0 Å². The molecule has 0 radical (unpaired) electrons. The normalized spacial score (nSPS) is 17.5. The summed E-state index contributed by atoms with van der Waals surface area (Å²) in [5.41, 5.74) is 0.319. The average molecular weight is 415 g/mol. The molecule has 0 bridgehead atoms. The van der Waals surface area contributed by atoms with Gasteiger partial charge in [0, 0.05) is 26.1 Å². The van der Waals surface area contributed by atoms with Crippen molar-refractivity contribution in [1.82, 2.24) is 14.8 Å². The first-order valence-corrected chi connectivity index (χ1v) is 10.1. The smallest absolute Gasteiger partial charge is 0.410 e. The number of nitrogens with zero attached hydrogens (tertiary/aromatic N) is 3. The van der Waals surface area contributed by atoms with E-state index in [2.05, 4.69) is 4.98 Å². The Kier molecular flexibility index (Phi) is 6.64. The molecule has 2 atom stereocenters. The van der Waals surface area contributed by atoms with E-state index in [-0.39, 0.29) is 18.6 Å². The van der Waals surface area contributed by atoms with Gasteiger partial charge in [-0.15, -0.1) is 0 Å². The topological polar surface area (TPSA) is 85.1 Å². The number of carbonyl (C=O) groups is 2. The quantitative estimate of drug-likeness (QED) is 0.726. The summed E-state index contributed by atoms with van der Waals surface area (Å²) in [5, 5.41) is 0. The van der Waals surface area contributed by atoms with Crippen molar-refractivity contribution in [2.75, 3.05) is 20.1 Å². The third-order valence-electron chi connectivity index (χ3n) is 4.94. The van der Waals surface area contributed by atoms with Gasteiger partial charge in [-0.1, -0.05) is 30.3 Å². The molecule has 0 saturated carbocycles. The van der Waals surface area contributed by atoms with Crippen LogP contribution in [0.15, 0.2) is 47.2 Å². The molecule has 0 N–H and O–H groups in total. The van der Waals surface area contributed by atoms with Crippen LogP contribution in [0.4, 0.5) is 9.59 Å². The van der Waals surface area contributed by atoms with Gasteiger partial charge in [-0.25, -0.2) is 14.6 Å². The Morgan fingerprint density at radius 2 is 2.03 bits per heavy atom. The van der Waals surface area contributed by atoms with E-state index in [1.807, 2.05) is 51.1 Å². The number of oxazole rings is 1. The number of hydrogen-bond donors (Lipinski definition) is 0. The van der Waals surface area contributed by atoms with E-state index in [0.717, 1.165) is 5.56 Å². The first-order valence-electron chi connectivity index (χ1n) is 10.1. The van der Waals surface area contributed by atoms with Crippen molar-refractivity contribution in [2.45, 2.75) is 45.4 Å². The van der Waals surface area contributed by atoms with Gasteiger partial charge in [-0.2, -0.15) is 0 Å². The monoisotopic (exact) mass is 415 g/mol. The fraction of sp³-hybridized carbons (Fsp3) is 0.500. The first kappa shape index (κ1) is 21.7. The fourth-order valence-corrected chi connectivity index (χ4v) is 3.53. The van der Waals surface area contributed by atoms with Crippen molar-refractivity contribution in [3.8, 4) is 0 Å². The van der Waals surface area contributed by atoms with E-state index < -0.39 is 17.7 Å². The lowest BCUT2D eigenvalue weighted by atomic mass is 9.97. The van der Waals surface area contributed by atoms with Crippen LogP contribution in [0.5, 0.6) is 0 Å². The van der Waals surface area contributed by atoms with E-state index in [9.17, 15) is 9.59 Å². The number of amides is 2. The summed E-state index contributed by atoms with van der Waals surface area (Å²) in [6, 6.07) is 9.11. The van der Waals surface area contributed by atoms with Crippen molar-refractivity contribution < 1.29 is 23.5 Å². The highest BCUT2D eigenvalue weighted by Gasteiger charge is 2.40. The molecule has 2 aromatic rings. The molecule has 1 aromatic heterocycles. The largest absolute Gasteiger partial charge is 0.447 e. The maximum absolute atomic E-state index is 12.7. The lowest BCUT2D eigenvalue weighted by Crippen LogP contribution is -2.40. The Balaban J connectivity index is 1.65. The van der Waals surface area contributed by atoms with E-state index in [4.69, 9.17) is 13.9 Å². The molecule has 2 unspecified atom stereocenters. The van der Waals surface area contributed by atoms with Gasteiger partial charge in [-0.3, -0.25) is 4.90 Å². The van der Waals surface area contributed by atoms with Crippen LogP contribution in [0.1, 0.15) is 44.7 Å². The highest BCUT2D eigenvalue weighted by atomic mass is 16.6. The molecular formula is C22H29N3O5. The summed E-state index contributed by atoms with van der Waals surface area (Å²) in [5.74, 6) is 0.373. The van der Waals surface area contributed by atoms with Gasteiger partial charge in [0.1, 0.15) is 24.5 Å². The molecule has 3 rings (SSSR count). The Morgan fingerprint density at radius 1 is 1.30 bits per heavy atom. The van der Waals surface area contributed by atoms with Crippen LogP contribution in [0.3, 0.4) is 0 Å². The van der Waals surface area contributed by atoms with Crippen molar-refractivity contribution in [3.05, 3.63) is 54.2 Å². The number of likely N-dealkylation sites (tertiary alicyclic amines) is 1. The average Bonchev–Trinajstić information content (AvgIpc) is 3.38. The number of carbonyl (C=O) groups excluding carboxylic acids is 2. The van der Waals surface area contributed by atoms with Gasteiger partial charge >= 0.3 is 12.2 Å². The molecule has 0 spiro atoms. The molecule has 1 saturated heterocycles. The molecule has 30 heavy (non-hydrogen) atoms. The van der Waals surface area contributed by atoms with Gasteiger partial charge in [0.05, 0.1) is 6.20 Å². The van der Waals surface area contributed by atoms with Gasteiger partial charge in [0.2, 0.25) is 5.89 Å². The molecule has 8 heteroatoms. The Morgan fingerprint density at radius 3 is 2.67 bits per heavy atom. The van der Waals surface area contributed by atoms with Gasteiger partial charge in [0.25, 0.3) is 0 Å². The van der Waals surface area contributed by atoms with Gasteiger partial charge in [-0.05, 0) is 32.8 Å². The second-order valence-electron chi connectivity index (χ2n) is 8.44. The predicted octanol–water partition coefficient (Wildman–Crippen LogP) is 4.24. The minimum atomic E-state index is -0.616. The van der Waals surface area contributed by atoms with Crippen LogP contribution >= 0.6 is 0 Å². The van der Waals surface area contributed by atoms with Crippen LogP contribution in [-0.2, 0) is 16.1 Å². The zero-order valence-corrected chi connectivity index (χ0v) is 17.9. The first-order chi connectivity index (χ1) is 14.2. The molecule has 1 aliphatic heterocycles. The molecule has 1 fully saturated rings. The molecule has 2 amide bonds. The van der Waals surface area contributed by atoms with E-state index >= 15 is 0 Å². The SMILES string of the molecule is CN(C(=O)OC(C)(C)C)C(c1ncco1)C1CCN(C(=O)OCc2ccccc2)C1. The molecule has 162 valence electrons. The summed E-state index contributed by atoms with van der Waals surface area (Å²) in [6.45, 7) is 6.66. The Hall–Kier alpha value is -3.03. The Bertz CT molecular complexity index is 832. The van der Waals surface area contributed by atoms with E-state index in [0.29, 0.717) is 25.4 Å². The number of hydrogen-bond acceptors (Lipinski definition) is 6. The number of aromatic nitrogens is 1. The summed E-state index contributed by atoms with van der Waals surface area (Å²) in [6.07, 6.45) is 2.89. The minimum absolute atomic E-state index is 0.0505. The zero-order valence-electron chi connectivity index (χ0n) is 17.9.